The molecule has 0 aliphatic carbocycles. The van der Waals surface area contributed by atoms with E-state index in [0.29, 0.717) is 12.3 Å². The zero-order chi connectivity index (χ0) is 14.7. The van der Waals surface area contributed by atoms with E-state index in [9.17, 15) is 4.79 Å². The summed E-state index contributed by atoms with van der Waals surface area (Å²) in [4.78, 5) is 16.0. The number of imidazole rings is 1. The molecular formula is C16H20N2O2. The van der Waals surface area contributed by atoms with Crippen molar-refractivity contribution >= 4 is 5.97 Å². The van der Waals surface area contributed by atoms with E-state index in [0.717, 1.165) is 0 Å². The van der Waals surface area contributed by atoms with Crippen molar-refractivity contribution in [1.82, 2.24) is 9.55 Å². The van der Waals surface area contributed by atoms with Crippen LogP contribution in [0.4, 0.5) is 0 Å². The summed E-state index contributed by atoms with van der Waals surface area (Å²) in [6.07, 6.45) is 3.24. The fourth-order valence-electron chi connectivity index (χ4n) is 2.60. The highest BCUT2D eigenvalue weighted by Crippen LogP contribution is 2.26. The molecule has 0 spiro atoms. The molecule has 0 amide bonds. The summed E-state index contributed by atoms with van der Waals surface area (Å²) in [5.41, 5.74) is 4.13. The second-order valence-electron chi connectivity index (χ2n) is 4.89. The van der Waals surface area contributed by atoms with Gasteiger partial charge in [-0.1, -0.05) is 18.2 Å². The first-order valence-corrected chi connectivity index (χ1v) is 6.81. The monoisotopic (exact) mass is 272 g/mol. The fraction of sp³-hybridized carbons (Fsp3) is 0.375. The topological polar surface area (TPSA) is 44.1 Å². The van der Waals surface area contributed by atoms with Crippen molar-refractivity contribution in [2.45, 2.75) is 33.7 Å². The maximum atomic E-state index is 11.9. The van der Waals surface area contributed by atoms with Crippen LogP contribution in [0.3, 0.4) is 0 Å². The van der Waals surface area contributed by atoms with Gasteiger partial charge in [-0.25, -0.2) is 9.78 Å². The SMILES string of the molecule is CCOC(=O)c1cncn1C(C)c1c(C)cccc1C. The van der Waals surface area contributed by atoms with Crippen molar-refractivity contribution < 1.29 is 9.53 Å². The smallest absolute Gasteiger partial charge is 0.356 e. The predicted molar refractivity (Wildman–Crippen MR) is 77.9 cm³/mol. The first-order valence-electron chi connectivity index (χ1n) is 6.81. The van der Waals surface area contributed by atoms with Crippen LogP contribution in [0.15, 0.2) is 30.7 Å². The number of carbonyl (C=O) groups is 1. The Morgan fingerprint density at radius 3 is 2.60 bits per heavy atom. The van der Waals surface area contributed by atoms with Crippen molar-refractivity contribution in [3.63, 3.8) is 0 Å². The minimum absolute atomic E-state index is 0.0399. The van der Waals surface area contributed by atoms with E-state index in [-0.39, 0.29) is 12.0 Å². The Hall–Kier alpha value is -2.10. The fourth-order valence-corrected chi connectivity index (χ4v) is 2.60. The zero-order valence-electron chi connectivity index (χ0n) is 12.4. The molecule has 1 atom stereocenters. The Morgan fingerprint density at radius 1 is 1.35 bits per heavy atom. The standard InChI is InChI=1S/C16H20N2O2/c1-5-20-16(19)14-9-17-10-18(14)13(4)15-11(2)7-6-8-12(15)3/h6-10,13H,5H2,1-4H3. The van der Waals surface area contributed by atoms with E-state index in [1.807, 2.05) is 10.6 Å². The number of benzene rings is 1. The number of aromatic nitrogens is 2. The lowest BCUT2D eigenvalue weighted by Gasteiger charge is -2.20. The largest absolute Gasteiger partial charge is 0.461 e. The molecule has 0 saturated heterocycles. The Balaban J connectivity index is 2.42. The van der Waals surface area contributed by atoms with Gasteiger partial charge in [0, 0.05) is 0 Å². The van der Waals surface area contributed by atoms with Gasteiger partial charge in [-0.05, 0) is 44.4 Å². The first kappa shape index (κ1) is 14.3. The van der Waals surface area contributed by atoms with E-state index in [1.165, 1.54) is 16.7 Å². The summed E-state index contributed by atoms with van der Waals surface area (Å²) in [5.74, 6) is -0.330. The molecule has 20 heavy (non-hydrogen) atoms. The molecule has 0 radical (unpaired) electrons. The Bertz CT molecular complexity index is 596. The van der Waals surface area contributed by atoms with Crippen LogP contribution in [0, 0.1) is 13.8 Å². The lowest BCUT2D eigenvalue weighted by molar-refractivity contribution is 0.0512. The van der Waals surface area contributed by atoms with Gasteiger partial charge in [0.15, 0.2) is 0 Å². The van der Waals surface area contributed by atoms with Crippen LogP contribution < -0.4 is 0 Å². The van der Waals surface area contributed by atoms with Gasteiger partial charge in [0.25, 0.3) is 0 Å². The predicted octanol–water partition coefficient (Wildman–Crippen LogP) is 3.29. The average Bonchev–Trinajstić information content (AvgIpc) is 2.87. The number of hydrogen-bond donors (Lipinski definition) is 0. The van der Waals surface area contributed by atoms with Crippen LogP contribution >= 0.6 is 0 Å². The second-order valence-corrected chi connectivity index (χ2v) is 4.89. The minimum Gasteiger partial charge on any atom is -0.461 e. The molecule has 4 nitrogen and oxygen atoms in total. The molecule has 0 fully saturated rings. The van der Waals surface area contributed by atoms with E-state index < -0.39 is 0 Å². The number of rotatable bonds is 4. The van der Waals surface area contributed by atoms with Crippen molar-refractivity contribution in [2.75, 3.05) is 6.61 Å². The zero-order valence-corrected chi connectivity index (χ0v) is 12.4. The average molecular weight is 272 g/mol. The lowest BCUT2D eigenvalue weighted by atomic mass is 9.97. The number of carbonyl (C=O) groups excluding carboxylic acids is 1. The third-order valence-corrected chi connectivity index (χ3v) is 3.53. The molecule has 106 valence electrons. The van der Waals surface area contributed by atoms with Crippen molar-refractivity contribution in [3.05, 3.63) is 53.1 Å². The molecule has 2 rings (SSSR count). The highest BCUT2D eigenvalue weighted by atomic mass is 16.5. The molecule has 1 aromatic carbocycles. The van der Waals surface area contributed by atoms with Gasteiger partial charge in [-0.2, -0.15) is 0 Å². The summed E-state index contributed by atoms with van der Waals surface area (Å²) < 4.78 is 6.94. The number of ether oxygens (including phenoxy) is 1. The number of aryl methyl sites for hydroxylation is 2. The molecule has 1 heterocycles. The van der Waals surface area contributed by atoms with Crippen LogP contribution in [0.1, 0.15) is 47.1 Å². The van der Waals surface area contributed by atoms with Gasteiger partial charge in [0.1, 0.15) is 5.69 Å². The van der Waals surface area contributed by atoms with E-state index in [1.54, 1.807) is 19.4 Å². The summed E-state index contributed by atoms with van der Waals surface area (Å²) in [6, 6.07) is 6.25. The van der Waals surface area contributed by atoms with Gasteiger partial charge < -0.3 is 9.30 Å². The van der Waals surface area contributed by atoms with Gasteiger partial charge in [-0.3, -0.25) is 0 Å². The molecule has 2 aromatic rings. The Morgan fingerprint density at radius 2 is 2.00 bits per heavy atom. The third-order valence-electron chi connectivity index (χ3n) is 3.53. The maximum absolute atomic E-state index is 11.9. The molecule has 0 bridgehead atoms. The van der Waals surface area contributed by atoms with Crippen LogP contribution in [0.2, 0.25) is 0 Å². The number of esters is 1. The van der Waals surface area contributed by atoms with Crippen LogP contribution in [-0.4, -0.2) is 22.1 Å². The van der Waals surface area contributed by atoms with Crippen molar-refractivity contribution in [1.29, 1.82) is 0 Å². The van der Waals surface area contributed by atoms with E-state index >= 15 is 0 Å². The normalized spacial score (nSPS) is 12.2. The summed E-state index contributed by atoms with van der Waals surface area (Å²) in [5, 5.41) is 0. The number of hydrogen-bond acceptors (Lipinski definition) is 3. The summed E-state index contributed by atoms with van der Waals surface area (Å²) >= 11 is 0. The highest BCUT2D eigenvalue weighted by Gasteiger charge is 2.20. The highest BCUT2D eigenvalue weighted by molar-refractivity contribution is 5.87. The maximum Gasteiger partial charge on any atom is 0.356 e. The summed E-state index contributed by atoms with van der Waals surface area (Å²) in [6.45, 7) is 8.40. The van der Waals surface area contributed by atoms with Gasteiger partial charge >= 0.3 is 5.97 Å². The Labute approximate surface area is 119 Å². The van der Waals surface area contributed by atoms with E-state index in [4.69, 9.17) is 4.74 Å². The number of nitrogens with zero attached hydrogens (tertiary/aromatic N) is 2. The molecule has 0 saturated carbocycles. The molecule has 4 heteroatoms. The van der Waals surface area contributed by atoms with Gasteiger partial charge in [0.05, 0.1) is 25.2 Å². The second kappa shape index (κ2) is 5.90. The van der Waals surface area contributed by atoms with E-state index in [2.05, 4.69) is 37.9 Å². The first-order chi connectivity index (χ1) is 9.56. The quantitative estimate of drug-likeness (QED) is 0.802. The molecule has 0 aliphatic rings. The molecule has 1 unspecified atom stereocenters. The lowest BCUT2D eigenvalue weighted by Crippen LogP contribution is -2.16. The van der Waals surface area contributed by atoms with Crippen LogP contribution in [0.25, 0.3) is 0 Å². The molecular weight excluding hydrogens is 252 g/mol. The van der Waals surface area contributed by atoms with Gasteiger partial charge in [-0.15, -0.1) is 0 Å². The third kappa shape index (κ3) is 2.59. The van der Waals surface area contributed by atoms with Crippen molar-refractivity contribution in [3.8, 4) is 0 Å². The summed E-state index contributed by atoms with van der Waals surface area (Å²) in [7, 11) is 0. The molecule has 1 aromatic heterocycles. The van der Waals surface area contributed by atoms with Crippen LogP contribution in [0.5, 0.6) is 0 Å². The van der Waals surface area contributed by atoms with Crippen LogP contribution in [-0.2, 0) is 4.74 Å². The molecule has 0 aliphatic heterocycles. The molecule has 0 N–H and O–H groups in total. The Kier molecular flexibility index (Phi) is 4.23. The van der Waals surface area contributed by atoms with Gasteiger partial charge in [0.2, 0.25) is 0 Å². The van der Waals surface area contributed by atoms with Crippen molar-refractivity contribution in [2.24, 2.45) is 0 Å². The minimum atomic E-state index is -0.330.